The maximum atomic E-state index is 11.9. The predicted molar refractivity (Wildman–Crippen MR) is 102 cm³/mol. The van der Waals surface area contributed by atoms with Crippen molar-refractivity contribution in [1.29, 1.82) is 0 Å². The average Bonchev–Trinajstić information content (AvgIpc) is 2.51. The molecule has 9 heteroatoms. The van der Waals surface area contributed by atoms with E-state index >= 15 is 0 Å². The van der Waals surface area contributed by atoms with Crippen LogP contribution < -0.4 is 5.43 Å². The minimum absolute atomic E-state index is 0.0827. The third-order valence-electron chi connectivity index (χ3n) is 2.77. The summed E-state index contributed by atoms with van der Waals surface area (Å²) in [6, 6.07) is 8.70. The molecule has 118 valence electrons. The Bertz CT molecular complexity index is 791. The van der Waals surface area contributed by atoms with E-state index < -0.39 is 10.8 Å². The van der Waals surface area contributed by atoms with Crippen LogP contribution in [0.15, 0.2) is 41.5 Å². The smallest absolute Gasteiger partial charge is 0.271 e. The minimum Gasteiger partial charge on any atom is -0.506 e. The number of non-ortho nitro benzene ring substituents is 1. The molecule has 0 aromatic heterocycles. The zero-order chi connectivity index (χ0) is 17.0. The largest absolute Gasteiger partial charge is 0.506 e. The monoisotopic (exact) mass is 537 g/mol. The quantitative estimate of drug-likeness (QED) is 0.271. The molecule has 2 N–H and O–H groups in total. The predicted octanol–water partition coefficient (Wildman–Crippen LogP) is 3.27. The molecule has 0 fully saturated rings. The Kier molecular flexibility index (Phi) is 5.87. The fourth-order valence-electron chi connectivity index (χ4n) is 1.64. The summed E-state index contributed by atoms with van der Waals surface area (Å²) in [4.78, 5) is 21.9. The number of phenolic OH excluding ortho intramolecular Hbond substituents is 1. The van der Waals surface area contributed by atoms with Gasteiger partial charge in [-0.25, -0.2) is 5.43 Å². The molecule has 0 saturated heterocycles. The van der Waals surface area contributed by atoms with Gasteiger partial charge in [-0.3, -0.25) is 14.9 Å². The number of nitrogens with one attached hydrogen (secondary N) is 1. The Morgan fingerprint density at radius 3 is 2.52 bits per heavy atom. The second-order valence-corrected chi connectivity index (χ2v) is 6.74. The molecule has 0 aliphatic heterocycles. The summed E-state index contributed by atoms with van der Waals surface area (Å²) in [5.41, 5.74) is 2.93. The number of benzene rings is 2. The highest BCUT2D eigenvalue weighted by Crippen LogP contribution is 2.25. The van der Waals surface area contributed by atoms with Crippen molar-refractivity contribution < 1.29 is 14.8 Å². The number of amides is 1. The fraction of sp³-hybridized carbons (Fsp3) is 0. The first kappa shape index (κ1) is 17.6. The van der Waals surface area contributed by atoms with Gasteiger partial charge in [-0.15, -0.1) is 0 Å². The highest BCUT2D eigenvalue weighted by Gasteiger charge is 2.09. The van der Waals surface area contributed by atoms with E-state index in [9.17, 15) is 20.0 Å². The maximum absolute atomic E-state index is 11.9. The average molecular weight is 537 g/mol. The van der Waals surface area contributed by atoms with E-state index in [0.29, 0.717) is 9.13 Å². The van der Waals surface area contributed by atoms with Crippen molar-refractivity contribution in [3.63, 3.8) is 0 Å². The summed E-state index contributed by atoms with van der Waals surface area (Å²) in [5, 5.41) is 24.3. The number of halogens is 2. The van der Waals surface area contributed by atoms with Crippen LogP contribution in [0, 0.1) is 17.3 Å². The molecule has 0 aliphatic rings. The van der Waals surface area contributed by atoms with Crippen LogP contribution in [0.3, 0.4) is 0 Å². The molecule has 2 aromatic carbocycles. The van der Waals surface area contributed by atoms with Gasteiger partial charge in [-0.2, -0.15) is 5.10 Å². The highest BCUT2D eigenvalue weighted by atomic mass is 127. The summed E-state index contributed by atoms with van der Waals surface area (Å²) in [6.07, 6.45) is 1.34. The molecule has 0 bridgehead atoms. The van der Waals surface area contributed by atoms with Crippen molar-refractivity contribution in [2.45, 2.75) is 0 Å². The molecule has 0 spiro atoms. The molecule has 0 atom stereocenters. The lowest BCUT2D eigenvalue weighted by Gasteiger charge is -2.03. The lowest BCUT2D eigenvalue weighted by atomic mass is 10.2. The molecule has 0 saturated carbocycles. The van der Waals surface area contributed by atoms with Gasteiger partial charge < -0.3 is 5.11 Å². The van der Waals surface area contributed by atoms with Gasteiger partial charge in [-0.1, -0.05) is 0 Å². The number of carbonyl (C=O) groups is 1. The van der Waals surface area contributed by atoms with Gasteiger partial charge in [0.1, 0.15) is 5.75 Å². The Morgan fingerprint density at radius 2 is 1.91 bits per heavy atom. The van der Waals surface area contributed by atoms with Gasteiger partial charge >= 0.3 is 0 Å². The number of rotatable bonds is 4. The summed E-state index contributed by atoms with van der Waals surface area (Å²) >= 11 is 4.11. The second kappa shape index (κ2) is 7.68. The van der Waals surface area contributed by atoms with Crippen LogP contribution in [0.4, 0.5) is 5.69 Å². The summed E-state index contributed by atoms with van der Waals surface area (Å²) in [5.74, 6) is -0.421. The van der Waals surface area contributed by atoms with Crippen molar-refractivity contribution in [2.24, 2.45) is 5.10 Å². The van der Waals surface area contributed by atoms with Crippen molar-refractivity contribution >= 4 is 63.0 Å². The summed E-state index contributed by atoms with van der Waals surface area (Å²) in [7, 11) is 0. The fourth-order valence-corrected chi connectivity index (χ4v) is 3.53. The standard InChI is InChI=1S/C14H9I2N3O4/c15-10-5-9(13(20)12(16)6-10)7-17-18-14(21)8-1-3-11(4-2-8)19(22)23/h1-7,20H,(H,18,21)/b17-7+. The Balaban J connectivity index is 2.08. The van der Waals surface area contributed by atoms with Gasteiger partial charge in [-0.05, 0) is 69.4 Å². The number of hydrazone groups is 1. The van der Waals surface area contributed by atoms with Crippen molar-refractivity contribution in [2.75, 3.05) is 0 Å². The molecule has 0 radical (unpaired) electrons. The normalized spacial score (nSPS) is 10.7. The molecular formula is C14H9I2N3O4. The molecular weight excluding hydrogens is 528 g/mol. The van der Waals surface area contributed by atoms with Crippen molar-refractivity contribution in [3.8, 4) is 5.75 Å². The summed E-state index contributed by atoms with van der Waals surface area (Å²) < 4.78 is 1.60. The first-order valence-corrected chi connectivity index (χ1v) is 8.30. The molecule has 0 unspecified atom stereocenters. The van der Waals surface area contributed by atoms with Crippen LogP contribution in [0.25, 0.3) is 0 Å². The summed E-state index contributed by atoms with van der Waals surface area (Å²) in [6.45, 7) is 0. The van der Waals surface area contributed by atoms with Crippen LogP contribution in [0.2, 0.25) is 0 Å². The Hall–Kier alpha value is -1.76. The molecule has 23 heavy (non-hydrogen) atoms. The minimum atomic E-state index is -0.540. The number of nitro benzene ring substituents is 1. The van der Waals surface area contributed by atoms with Gasteiger partial charge in [0.25, 0.3) is 11.6 Å². The number of phenols is 1. The first-order valence-electron chi connectivity index (χ1n) is 6.14. The van der Waals surface area contributed by atoms with Crippen LogP contribution in [-0.2, 0) is 0 Å². The van der Waals surface area contributed by atoms with E-state index in [1.54, 1.807) is 6.07 Å². The second-order valence-electron chi connectivity index (χ2n) is 4.33. The van der Waals surface area contributed by atoms with Crippen molar-refractivity contribution in [3.05, 3.63) is 64.8 Å². The van der Waals surface area contributed by atoms with Crippen LogP contribution in [0.5, 0.6) is 5.75 Å². The van der Waals surface area contributed by atoms with Gasteiger partial charge in [0.05, 0.1) is 14.7 Å². The van der Waals surface area contributed by atoms with E-state index in [1.807, 2.05) is 28.7 Å². The SMILES string of the molecule is O=C(N/N=C/c1cc(I)cc(I)c1O)c1ccc([N+](=O)[O-])cc1. The lowest BCUT2D eigenvalue weighted by Crippen LogP contribution is -2.17. The van der Waals surface area contributed by atoms with Crippen LogP contribution in [0.1, 0.15) is 15.9 Å². The first-order chi connectivity index (χ1) is 10.9. The highest BCUT2D eigenvalue weighted by molar-refractivity contribution is 14.1. The third-order valence-corrected chi connectivity index (χ3v) is 4.21. The van der Waals surface area contributed by atoms with E-state index in [1.165, 1.54) is 30.5 Å². The van der Waals surface area contributed by atoms with Crippen molar-refractivity contribution in [1.82, 2.24) is 5.43 Å². The zero-order valence-electron chi connectivity index (χ0n) is 11.4. The number of hydrogen-bond donors (Lipinski definition) is 2. The van der Waals surface area contributed by atoms with Crippen LogP contribution in [-0.4, -0.2) is 22.2 Å². The van der Waals surface area contributed by atoms with E-state index in [2.05, 4.69) is 33.1 Å². The Labute approximate surface area is 158 Å². The van der Waals surface area contributed by atoms with E-state index in [4.69, 9.17) is 0 Å². The number of nitro groups is 1. The topological polar surface area (TPSA) is 105 Å². The molecule has 0 heterocycles. The number of aromatic hydroxyl groups is 1. The molecule has 1 amide bonds. The number of nitrogens with zero attached hydrogens (tertiary/aromatic N) is 2. The van der Waals surface area contributed by atoms with Gasteiger partial charge in [0.2, 0.25) is 0 Å². The lowest BCUT2D eigenvalue weighted by molar-refractivity contribution is -0.384. The molecule has 2 rings (SSSR count). The molecule has 7 nitrogen and oxygen atoms in total. The van der Waals surface area contributed by atoms with E-state index in [-0.39, 0.29) is 17.0 Å². The third kappa shape index (κ3) is 4.60. The van der Waals surface area contributed by atoms with Crippen LogP contribution >= 0.6 is 45.2 Å². The van der Waals surface area contributed by atoms with Gasteiger partial charge in [0.15, 0.2) is 0 Å². The van der Waals surface area contributed by atoms with Gasteiger partial charge in [0, 0.05) is 26.8 Å². The maximum Gasteiger partial charge on any atom is 0.271 e. The number of carbonyl (C=O) groups excluding carboxylic acids is 1. The number of hydrogen-bond acceptors (Lipinski definition) is 5. The Morgan fingerprint density at radius 1 is 1.26 bits per heavy atom. The molecule has 2 aromatic rings. The van der Waals surface area contributed by atoms with E-state index in [0.717, 1.165) is 3.57 Å². The molecule has 0 aliphatic carbocycles. The zero-order valence-corrected chi connectivity index (χ0v) is 15.7.